The number of allylic oxidation sites excluding steroid dienone is 1. The second-order valence-electron chi connectivity index (χ2n) is 5.11. The first-order chi connectivity index (χ1) is 8.68. The molecule has 3 atom stereocenters. The monoisotopic (exact) mass is 246 g/mol. The van der Waals surface area contributed by atoms with Crippen LogP contribution < -0.4 is 0 Å². The number of hydrogen-bond donors (Lipinski definition) is 1. The van der Waals surface area contributed by atoms with E-state index in [-0.39, 0.29) is 6.10 Å². The molecule has 1 fully saturated rings. The number of aliphatic hydroxyl groups excluding tert-OH is 1. The summed E-state index contributed by atoms with van der Waals surface area (Å²) >= 11 is 0. The molecule has 0 aromatic heterocycles. The fourth-order valence-electron chi connectivity index (χ4n) is 2.21. The number of epoxide rings is 1. The van der Waals surface area contributed by atoms with E-state index in [0.29, 0.717) is 0 Å². The van der Waals surface area contributed by atoms with Gasteiger partial charge in [0.15, 0.2) is 0 Å². The van der Waals surface area contributed by atoms with Gasteiger partial charge in [-0.25, -0.2) is 0 Å². The summed E-state index contributed by atoms with van der Waals surface area (Å²) in [6, 6.07) is 10.1. The van der Waals surface area contributed by atoms with E-state index < -0.39 is 11.7 Å². The molecule has 1 heterocycles. The SMILES string of the molecule is CCCCC=C[C@H](O)[C@]1(C)O[C@H]1c1ccccc1. The smallest absolute Gasteiger partial charge is 0.126 e. The lowest BCUT2D eigenvalue weighted by Gasteiger charge is -2.11. The molecule has 2 rings (SSSR count). The Morgan fingerprint density at radius 2 is 2.11 bits per heavy atom. The van der Waals surface area contributed by atoms with Crippen LogP contribution in [0.5, 0.6) is 0 Å². The number of aliphatic hydroxyl groups is 1. The van der Waals surface area contributed by atoms with Crippen molar-refractivity contribution in [1.29, 1.82) is 0 Å². The van der Waals surface area contributed by atoms with Gasteiger partial charge in [-0.2, -0.15) is 0 Å². The van der Waals surface area contributed by atoms with Crippen LogP contribution in [0.1, 0.15) is 44.8 Å². The highest BCUT2D eigenvalue weighted by Crippen LogP contribution is 2.51. The van der Waals surface area contributed by atoms with E-state index in [1.165, 1.54) is 12.8 Å². The number of rotatable bonds is 6. The van der Waals surface area contributed by atoms with Crippen molar-refractivity contribution in [1.82, 2.24) is 0 Å². The van der Waals surface area contributed by atoms with E-state index in [2.05, 4.69) is 13.0 Å². The van der Waals surface area contributed by atoms with Crippen molar-refractivity contribution in [3.8, 4) is 0 Å². The van der Waals surface area contributed by atoms with Crippen LogP contribution in [0, 0.1) is 0 Å². The fraction of sp³-hybridized carbons (Fsp3) is 0.500. The first kappa shape index (κ1) is 13.3. The zero-order valence-electron chi connectivity index (χ0n) is 11.2. The van der Waals surface area contributed by atoms with Crippen LogP contribution in [0.15, 0.2) is 42.5 Å². The molecule has 1 aliphatic heterocycles. The van der Waals surface area contributed by atoms with E-state index in [1.807, 2.05) is 43.3 Å². The highest BCUT2D eigenvalue weighted by Gasteiger charge is 2.57. The van der Waals surface area contributed by atoms with Gasteiger partial charge in [0, 0.05) is 0 Å². The Morgan fingerprint density at radius 3 is 2.78 bits per heavy atom. The summed E-state index contributed by atoms with van der Waals surface area (Å²) in [6.07, 6.45) is 6.80. The largest absolute Gasteiger partial charge is 0.386 e. The second-order valence-corrected chi connectivity index (χ2v) is 5.11. The van der Waals surface area contributed by atoms with Gasteiger partial charge >= 0.3 is 0 Å². The average molecular weight is 246 g/mol. The molecule has 1 aromatic rings. The minimum Gasteiger partial charge on any atom is -0.386 e. The quantitative estimate of drug-likeness (QED) is 0.472. The standard InChI is InChI=1S/C16H22O2/c1-3-4-5-9-12-14(17)16(2)15(18-16)13-10-7-6-8-11-13/h6-12,14-15,17H,3-5H2,1-2H3/t14-,15-,16-/m0/s1. The zero-order chi connectivity index (χ0) is 13.0. The van der Waals surface area contributed by atoms with Gasteiger partial charge in [0.1, 0.15) is 17.8 Å². The lowest BCUT2D eigenvalue weighted by molar-refractivity contribution is 0.123. The lowest BCUT2D eigenvalue weighted by Crippen LogP contribution is -2.24. The van der Waals surface area contributed by atoms with E-state index in [1.54, 1.807) is 0 Å². The van der Waals surface area contributed by atoms with E-state index in [0.717, 1.165) is 12.0 Å². The van der Waals surface area contributed by atoms with Crippen LogP contribution >= 0.6 is 0 Å². The Balaban J connectivity index is 1.92. The van der Waals surface area contributed by atoms with Crippen molar-refractivity contribution < 1.29 is 9.84 Å². The molecule has 18 heavy (non-hydrogen) atoms. The highest BCUT2D eigenvalue weighted by atomic mass is 16.6. The molecule has 1 aliphatic rings. The van der Waals surface area contributed by atoms with Crippen molar-refractivity contribution >= 4 is 0 Å². The second kappa shape index (κ2) is 5.68. The Labute approximate surface area is 109 Å². The molecule has 98 valence electrons. The van der Waals surface area contributed by atoms with E-state index in [9.17, 15) is 5.11 Å². The summed E-state index contributed by atoms with van der Waals surface area (Å²) in [5, 5.41) is 10.2. The predicted molar refractivity (Wildman–Crippen MR) is 73.3 cm³/mol. The lowest BCUT2D eigenvalue weighted by atomic mass is 9.95. The van der Waals surface area contributed by atoms with Gasteiger partial charge in [-0.15, -0.1) is 0 Å². The molecule has 1 N–H and O–H groups in total. The minimum atomic E-state index is -0.528. The molecule has 0 spiro atoms. The maximum Gasteiger partial charge on any atom is 0.126 e. The molecule has 2 nitrogen and oxygen atoms in total. The Kier molecular flexibility index (Phi) is 4.20. The molecule has 0 bridgehead atoms. The van der Waals surface area contributed by atoms with Crippen molar-refractivity contribution in [3.63, 3.8) is 0 Å². The summed E-state index contributed by atoms with van der Waals surface area (Å²) in [4.78, 5) is 0. The third-order valence-electron chi connectivity index (χ3n) is 3.57. The van der Waals surface area contributed by atoms with Gasteiger partial charge in [0.2, 0.25) is 0 Å². The predicted octanol–water partition coefficient (Wildman–Crippen LogP) is 3.62. The summed E-state index contributed by atoms with van der Waals surface area (Å²) in [6.45, 7) is 4.14. The van der Waals surface area contributed by atoms with Gasteiger partial charge in [0.05, 0.1) is 0 Å². The molecule has 0 saturated carbocycles. The first-order valence-electron chi connectivity index (χ1n) is 6.76. The van der Waals surface area contributed by atoms with Crippen LogP contribution in [-0.2, 0) is 4.74 Å². The molecule has 2 heteroatoms. The van der Waals surface area contributed by atoms with Crippen molar-refractivity contribution in [2.75, 3.05) is 0 Å². The van der Waals surface area contributed by atoms with Gasteiger partial charge in [-0.3, -0.25) is 0 Å². The van der Waals surface area contributed by atoms with Gasteiger partial charge in [0.25, 0.3) is 0 Å². The van der Waals surface area contributed by atoms with Crippen LogP contribution in [0.2, 0.25) is 0 Å². The number of ether oxygens (including phenoxy) is 1. The van der Waals surface area contributed by atoms with Gasteiger partial charge in [-0.1, -0.05) is 62.2 Å². The molecule has 0 aliphatic carbocycles. The van der Waals surface area contributed by atoms with Crippen LogP contribution in [0.3, 0.4) is 0 Å². The molecule has 1 saturated heterocycles. The molecule has 0 amide bonds. The zero-order valence-corrected chi connectivity index (χ0v) is 11.2. The van der Waals surface area contributed by atoms with E-state index in [4.69, 9.17) is 4.74 Å². The summed E-state index contributed by atoms with van der Waals surface area (Å²) < 4.78 is 5.71. The number of benzene rings is 1. The maximum atomic E-state index is 10.2. The summed E-state index contributed by atoms with van der Waals surface area (Å²) in [5.74, 6) is 0. The topological polar surface area (TPSA) is 32.8 Å². The Bertz CT molecular complexity index is 399. The van der Waals surface area contributed by atoms with Crippen molar-refractivity contribution in [2.45, 2.75) is 50.9 Å². The van der Waals surface area contributed by atoms with Crippen LogP contribution in [0.25, 0.3) is 0 Å². The van der Waals surface area contributed by atoms with Crippen molar-refractivity contribution in [2.24, 2.45) is 0 Å². The third-order valence-corrected chi connectivity index (χ3v) is 3.57. The van der Waals surface area contributed by atoms with Crippen LogP contribution in [-0.4, -0.2) is 16.8 Å². The molecular formula is C16H22O2. The summed E-state index contributed by atoms with van der Waals surface area (Å²) in [7, 11) is 0. The van der Waals surface area contributed by atoms with Crippen LogP contribution in [0.4, 0.5) is 0 Å². The minimum absolute atomic E-state index is 0.0181. The summed E-state index contributed by atoms with van der Waals surface area (Å²) in [5.41, 5.74) is 0.686. The number of unbranched alkanes of at least 4 members (excludes halogenated alkanes) is 2. The van der Waals surface area contributed by atoms with E-state index >= 15 is 0 Å². The Morgan fingerprint density at radius 1 is 1.39 bits per heavy atom. The normalized spacial score (nSPS) is 28.5. The first-order valence-corrected chi connectivity index (χ1v) is 6.76. The van der Waals surface area contributed by atoms with Crippen molar-refractivity contribution in [3.05, 3.63) is 48.0 Å². The fourth-order valence-corrected chi connectivity index (χ4v) is 2.21. The molecular weight excluding hydrogens is 224 g/mol. The van der Waals surface area contributed by atoms with Gasteiger partial charge in [-0.05, 0) is 18.9 Å². The molecule has 1 aromatic carbocycles. The molecule has 0 radical (unpaired) electrons. The average Bonchev–Trinajstić information content (AvgIpc) is 3.09. The molecule has 0 unspecified atom stereocenters. The maximum absolute atomic E-state index is 10.2. The number of hydrogen-bond acceptors (Lipinski definition) is 2. The third kappa shape index (κ3) is 2.82. The highest BCUT2D eigenvalue weighted by molar-refractivity contribution is 5.28. The van der Waals surface area contributed by atoms with Gasteiger partial charge < -0.3 is 9.84 Å². The Hall–Kier alpha value is -1.12.